The Labute approximate surface area is 130 Å². The molecular formula is C15H10ClN3OS. The SMILES string of the molecule is O=C(N/N=C/c1sc2ccccc2c1Cl)c1ccncc1. The largest absolute Gasteiger partial charge is 0.271 e. The van der Waals surface area contributed by atoms with Crippen LogP contribution in [0.5, 0.6) is 0 Å². The summed E-state index contributed by atoms with van der Waals surface area (Å²) in [6.45, 7) is 0. The second kappa shape index (κ2) is 6.03. The summed E-state index contributed by atoms with van der Waals surface area (Å²) in [5.74, 6) is -0.286. The summed E-state index contributed by atoms with van der Waals surface area (Å²) in [5, 5.41) is 5.60. The smallest absolute Gasteiger partial charge is 0.267 e. The highest BCUT2D eigenvalue weighted by molar-refractivity contribution is 7.21. The standard InChI is InChI=1S/C15H10ClN3OS/c16-14-11-3-1-2-4-12(11)21-13(14)9-18-19-15(20)10-5-7-17-8-6-10/h1-9H,(H,19,20)/b18-9+. The number of hydrogen-bond donors (Lipinski definition) is 1. The van der Waals surface area contributed by atoms with E-state index in [1.165, 1.54) is 11.3 Å². The third-order valence-electron chi connectivity index (χ3n) is 2.85. The first-order valence-electron chi connectivity index (χ1n) is 6.16. The van der Waals surface area contributed by atoms with Gasteiger partial charge >= 0.3 is 0 Å². The molecule has 3 rings (SSSR count). The Morgan fingerprint density at radius 3 is 2.76 bits per heavy atom. The second-order valence-corrected chi connectivity index (χ2v) is 5.67. The van der Waals surface area contributed by atoms with Crippen molar-refractivity contribution < 1.29 is 4.79 Å². The van der Waals surface area contributed by atoms with E-state index >= 15 is 0 Å². The number of carbonyl (C=O) groups is 1. The first-order chi connectivity index (χ1) is 10.3. The summed E-state index contributed by atoms with van der Waals surface area (Å²) in [5.41, 5.74) is 2.97. The van der Waals surface area contributed by atoms with Crippen molar-refractivity contribution in [3.63, 3.8) is 0 Å². The van der Waals surface area contributed by atoms with Gasteiger partial charge < -0.3 is 0 Å². The molecule has 0 spiro atoms. The minimum Gasteiger partial charge on any atom is -0.267 e. The number of hydrazone groups is 1. The summed E-state index contributed by atoms with van der Waals surface area (Å²) >= 11 is 7.82. The van der Waals surface area contributed by atoms with Crippen LogP contribution in [0.25, 0.3) is 10.1 Å². The number of hydrogen-bond acceptors (Lipinski definition) is 4. The van der Waals surface area contributed by atoms with E-state index in [4.69, 9.17) is 11.6 Å². The Hall–Kier alpha value is -2.24. The van der Waals surface area contributed by atoms with Crippen LogP contribution < -0.4 is 5.43 Å². The molecule has 0 bridgehead atoms. The normalized spacial score (nSPS) is 11.1. The molecule has 0 unspecified atom stereocenters. The zero-order chi connectivity index (χ0) is 14.7. The van der Waals surface area contributed by atoms with Gasteiger partial charge in [-0.25, -0.2) is 5.43 Å². The van der Waals surface area contributed by atoms with Gasteiger partial charge in [-0.05, 0) is 18.2 Å². The second-order valence-electron chi connectivity index (χ2n) is 4.21. The number of fused-ring (bicyclic) bond motifs is 1. The van der Waals surface area contributed by atoms with E-state index in [-0.39, 0.29) is 5.91 Å². The Bertz CT molecular complexity index is 814. The molecule has 104 valence electrons. The Kier molecular flexibility index (Phi) is 3.94. The molecule has 2 heterocycles. The lowest BCUT2D eigenvalue weighted by atomic mass is 10.2. The molecule has 0 fully saturated rings. The highest BCUT2D eigenvalue weighted by atomic mass is 35.5. The van der Waals surface area contributed by atoms with Gasteiger partial charge in [0.25, 0.3) is 5.91 Å². The van der Waals surface area contributed by atoms with Gasteiger partial charge in [-0.3, -0.25) is 9.78 Å². The lowest BCUT2D eigenvalue weighted by Gasteiger charge is -1.97. The fourth-order valence-corrected chi connectivity index (χ4v) is 3.19. The minimum atomic E-state index is -0.286. The maximum atomic E-state index is 11.8. The van der Waals surface area contributed by atoms with Gasteiger partial charge in [0, 0.05) is 28.0 Å². The fraction of sp³-hybridized carbons (Fsp3) is 0. The molecule has 0 saturated heterocycles. The van der Waals surface area contributed by atoms with Gasteiger partial charge in [0.2, 0.25) is 0 Å². The summed E-state index contributed by atoms with van der Waals surface area (Å²) in [6, 6.07) is 11.1. The van der Waals surface area contributed by atoms with Crippen molar-refractivity contribution >= 4 is 45.1 Å². The van der Waals surface area contributed by atoms with Crippen molar-refractivity contribution in [1.82, 2.24) is 10.4 Å². The summed E-state index contributed by atoms with van der Waals surface area (Å²) in [7, 11) is 0. The quantitative estimate of drug-likeness (QED) is 0.591. The number of benzene rings is 1. The number of halogens is 1. The Morgan fingerprint density at radius 2 is 2.00 bits per heavy atom. The molecule has 0 aliphatic heterocycles. The van der Waals surface area contributed by atoms with Gasteiger partial charge in [0.1, 0.15) is 0 Å². The van der Waals surface area contributed by atoms with Gasteiger partial charge in [-0.15, -0.1) is 11.3 Å². The van der Waals surface area contributed by atoms with Crippen molar-refractivity contribution in [3.05, 3.63) is 64.3 Å². The first kappa shape index (κ1) is 13.7. The highest BCUT2D eigenvalue weighted by Crippen LogP contribution is 2.33. The van der Waals surface area contributed by atoms with Crippen LogP contribution in [0.1, 0.15) is 15.2 Å². The van der Waals surface area contributed by atoms with E-state index in [1.807, 2.05) is 24.3 Å². The van der Waals surface area contributed by atoms with Crippen molar-refractivity contribution in [2.75, 3.05) is 0 Å². The van der Waals surface area contributed by atoms with Crippen molar-refractivity contribution in [3.8, 4) is 0 Å². The van der Waals surface area contributed by atoms with Gasteiger partial charge in [-0.1, -0.05) is 29.8 Å². The van der Waals surface area contributed by atoms with E-state index in [0.29, 0.717) is 10.6 Å². The van der Waals surface area contributed by atoms with Gasteiger partial charge in [0.15, 0.2) is 0 Å². The number of rotatable bonds is 3. The minimum absolute atomic E-state index is 0.286. The zero-order valence-corrected chi connectivity index (χ0v) is 12.4. The van der Waals surface area contributed by atoms with Crippen LogP contribution in [0.4, 0.5) is 0 Å². The third kappa shape index (κ3) is 2.94. The Morgan fingerprint density at radius 1 is 1.24 bits per heavy atom. The van der Waals surface area contributed by atoms with Crippen LogP contribution in [0.2, 0.25) is 5.02 Å². The molecule has 0 saturated carbocycles. The molecule has 6 heteroatoms. The van der Waals surface area contributed by atoms with Gasteiger partial charge in [0.05, 0.1) is 16.1 Å². The van der Waals surface area contributed by atoms with Crippen LogP contribution in [0.3, 0.4) is 0 Å². The number of pyridine rings is 1. The number of aromatic nitrogens is 1. The predicted molar refractivity (Wildman–Crippen MR) is 86.1 cm³/mol. The van der Waals surface area contributed by atoms with E-state index in [2.05, 4.69) is 15.5 Å². The Balaban J connectivity index is 1.76. The van der Waals surface area contributed by atoms with E-state index in [0.717, 1.165) is 15.0 Å². The average Bonchev–Trinajstić information content (AvgIpc) is 2.85. The number of thiophene rings is 1. The average molecular weight is 316 g/mol. The van der Waals surface area contributed by atoms with Crippen LogP contribution in [-0.4, -0.2) is 17.1 Å². The first-order valence-corrected chi connectivity index (χ1v) is 7.35. The highest BCUT2D eigenvalue weighted by Gasteiger charge is 2.08. The summed E-state index contributed by atoms with van der Waals surface area (Å²) in [4.78, 5) is 16.5. The number of amides is 1. The molecule has 3 aromatic rings. The maximum Gasteiger partial charge on any atom is 0.271 e. The molecule has 0 aliphatic carbocycles. The number of nitrogens with zero attached hydrogens (tertiary/aromatic N) is 2. The lowest BCUT2D eigenvalue weighted by molar-refractivity contribution is 0.0955. The van der Waals surface area contributed by atoms with E-state index < -0.39 is 0 Å². The van der Waals surface area contributed by atoms with Gasteiger partial charge in [-0.2, -0.15) is 5.10 Å². The van der Waals surface area contributed by atoms with Crippen molar-refractivity contribution in [1.29, 1.82) is 0 Å². The lowest BCUT2D eigenvalue weighted by Crippen LogP contribution is -2.17. The molecule has 2 aromatic heterocycles. The predicted octanol–water partition coefficient (Wildman–Crippen LogP) is 3.71. The third-order valence-corrected chi connectivity index (χ3v) is 4.47. The number of carbonyl (C=O) groups excluding carboxylic acids is 1. The molecular weight excluding hydrogens is 306 g/mol. The summed E-state index contributed by atoms with van der Waals surface area (Å²) in [6.07, 6.45) is 4.68. The molecule has 0 atom stereocenters. The molecule has 1 aromatic carbocycles. The fourth-order valence-electron chi connectivity index (χ4n) is 1.83. The molecule has 1 N–H and O–H groups in total. The molecule has 0 aliphatic rings. The van der Waals surface area contributed by atoms with Crippen LogP contribution in [0, 0.1) is 0 Å². The van der Waals surface area contributed by atoms with Crippen LogP contribution in [0.15, 0.2) is 53.9 Å². The zero-order valence-electron chi connectivity index (χ0n) is 10.8. The molecule has 4 nitrogen and oxygen atoms in total. The van der Waals surface area contributed by atoms with Crippen LogP contribution >= 0.6 is 22.9 Å². The van der Waals surface area contributed by atoms with Crippen molar-refractivity contribution in [2.24, 2.45) is 5.10 Å². The molecule has 21 heavy (non-hydrogen) atoms. The molecule has 0 radical (unpaired) electrons. The monoisotopic (exact) mass is 315 g/mol. The number of nitrogens with one attached hydrogen (secondary N) is 1. The topological polar surface area (TPSA) is 54.4 Å². The van der Waals surface area contributed by atoms with Crippen molar-refractivity contribution in [2.45, 2.75) is 0 Å². The summed E-state index contributed by atoms with van der Waals surface area (Å²) < 4.78 is 1.09. The van der Waals surface area contributed by atoms with Crippen LogP contribution in [-0.2, 0) is 0 Å². The molecule has 1 amide bonds. The van der Waals surface area contributed by atoms with E-state index in [1.54, 1.807) is 30.7 Å². The van der Waals surface area contributed by atoms with E-state index in [9.17, 15) is 4.79 Å². The maximum absolute atomic E-state index is 11.8.